The molecule has 0 aliphatic rings. The van der Waals surface area contributed by atoms with E-state index in [0.29, 0.717) is 6.54 Å². The fourth-order valence-electron chi connectivity index (χ4n) is 1.48. The van der Waals surface area contributed by atoms with Gasteiger partial charge in [0.1, 0.15) is 0 Å². The van der Waals surface area contributed by atoms with Gasteiger partial charge in [0.15, 0.2) is 11.6 Å². The Morgan fingerprint density at radius 2 is 2.18 bits per heavy atom. The van der Waals surface area contributed by atoms with Crippen molar-refractivity contribution >= 4 is 11.3 Å². The molecule has 0 saturated carbocycles. The molecule has 1 aromatic carbocycles. The predicted molar refractivity (Wildman–Crippen MR) is 63.7 cm³/mol. The lowest BCUT2D eigenvalue weighted by Crippen LogP contribution is -2.18. The van der Waals surface area contributed by atoms with E-state index >= 15 is 0 Å². The summed E-state index contributed by atoms with van der Waals surface area (Å²) in [5.74, 6) is -1.63. The van der Waals surface area contributed by atoms with Crippen molar-refractivity contribution in [3.05, 3.63) is 52.0 Å². The lowest BCUT2D eigenvalue weighted by molar-refractivity contribution is 0.500. The van der Waals surface area contributed by atoms with Crippen molar-refractivity contribution in [2.75, 3.05) is 0 Å². The van der Waals surface area contributed by atoms with Crippen LogP contribution in [-0.4, -0.2) is 4.98 Å². The van der Waals surface area contributed by atoms with Gasteiger partial charge in [-0.2, -0.15) is 0 Å². The molecular weight excluding hydrogens is 242 g/mol. The van der Waals surface area contributed by atoms with E-state index in [0.717, 1.165) is 17.3 Å². The molecule has 90 valence electrons. The minimum atomic E-state index is -0.819. The van der Waals surface area contributed by atoms with Crippen LogP contribution in [0.1, 0.15) is 24.2 Å². The molecule has 0 radical (unpaired) electrons. The first kappa shape index (κ1) is 12.1. The highest BCUT2D eigenvalue weighted by atomic mass is 32.1. The van der Waals surface area contributed by atoms with Crippen LogP contribution in [-0.2, 0) is 6.54 Å². The molecule has 0 amide bonds. The van der Waals surface area contributed by atoms with Gasteiger partial charge < -0.3 is 5.32 Å². The normalized spacial score (nSPS) is 12.6. The molecule has 1 aromatic heterocycles. The van der Waals surface area contributed by atoms with E-state index in [2.05, 4.69) is 10.3 Å². The molecule has 1 heterocycles. The molecule has 17 heavy (non-hydrogen) atoms. The molecule has 0 saturated heterocycles. The lowest BCUT2D eigenvalue weighted by Gasteiger charge is -2.13. The van der Waals surface area contributed by atoms with Crippen molar-refractivity contribution in [2.24, 2.45) is 0 Å². The quantitative estimate of drug-likeness (QED) is 0.905. The van der Waals surface area contributed by atoms with Crippen LogP contribution in [0.5, 0.6) is 0 Å². The van der Waals surface area contributed by atoms with Gasteiger partial charge in [-0.05, 0) is 24.6 Å². The number of benzene rings is 1. The van der Waals surface area contributed by atoms with Crippen LogP contribution in [0.4, 0.5) is 8.78 Å². The largest absolute Gasteiger partial charge is 0.305 e. The third-order valence-corrected chi connectivity index (χ3v) is 3.15. The molecule has 1 atom stereocenters. The van der Waals surface area contributed by atoms with Gasteiger partial charge in [0, 0.05) is 18.0 Å². The minimum absolute atomic E-state index is 0.0493. The Kier molecular flexibility index (Phi) is 3.81. The number of thiazole rings is 1. The fraction of sp³-hybridized carbons (Fsp3) is 0.250. The second-order valence-electron chi connectivity index (χ2n) is 3.76. The smallest absolute Gasteiger partial charge is 0.159 e. The summed E-state index contributed by atoms with van der Waals surface area (Å²) in [7, 11) is 0. The number of halogens is 2. The maximum Gasteiger partial charge on any atom is 0.159 e. The summed E-state index contributed by atoms with van der Waals surface area (Å²) in [5, 5.41) is 5.15. The Morgan fingerprint density at radius 3 is 2.82 bits per heavy atom. The van der Waals surface area contributed by atoms with Crippen LogP contribution in [0.15, 0.2) is 29.1 Å². The highest BCUT2D eigenvalue weighted by Gasteiger charge is 2.09. The van der Waals surface area contributed by atoms with Crippen LogP contribution in [0.3, 0.4) is 0 Å². The van der Waals surface area contributed by atoms with Crippen molar-refractivity contribution in [1.29, 1.82) is 0 Å². The highest BCUT2D eigenvalue weighted by Crippen LogP contribution is 2.16. The van der Waals surface area contributed by atoms with Gasteiger partial charge in [-0.1, -0.05) is 6.07 Å². The zero-order valence-electron chi connectivity index (χ0n) is 9.28. The molecule has 2 nitrogen and oxygen atoms in total. The Balaban J connectivity index is 1.99. The number of hydrogen-bond donors (Lipinski definition) is 1. The molecule has 0 aliphatic heterocycles. The molecule has 5 heteroatoms. The molecule has 1 N–H and O–H groups in total. The number of aromatic nitrogens is 1. The second-order valence-corrected chi connectivity index (χ2v) is 4.47. The van der Waals surface area contributed by atoms with E-state index in [-0.39, 0.29) is 6.04 Å². The van der Waals surface area contributed by atoms with E-state index in [1.807, 2.05) is 12.3 Å². The fourth-order valence-corrected chi connectivity index (χ4v) is 2.04. The summed E-state index contributed by atoms with van der Waals surface area (Å²) >= 11 is 1.53. The number of nitrogens with zero attached hydrogens (tertiary/aromatic N) is 1. The van der Waals surface area contributed by atoms with Crippen molar-refractivity contribution in [2.45, 2.75) is 19.5 Å². The standard InChI is InChI=1S/C12H12F2N2S/c1-8(15-5-10-6-17-7-16-10)9-2-3-11(13)12(14)4-9/h2-4,6-8,15H,5H2,1H3. The molecule has 2 rings (SSSR count). The van der Waals surface area contributed by atoms with Gasteiger partial charge in [-0.15, -0.1) is 11.3 Å². The molecule has 1 unspecified atom stereocenters. The Hall–Kier alpha value is -1.33. The Labute approximate surface area is 102 Å². The van der Waals surface area contributed by atoms with Gasteiger partial charge in [0.05, 0.1) is 11.2 Å². The lowest BCUT2D eigenvalue weighted by atomic mass is 10.1. The van der Waals surface area contributed by atoms with Crippen molar-refractivity contribution in [3.8, 4) is 0 Å². The Morgan fingerprint density at radius 1 is 1.35 bits per heavy atom. The zero-order chi connectivity index (χ0) is 12.3. The van der Waals surface area contributed by atoms with E-state index in [4.69, 9.17) is 0 Å². The van der Waals surface area contributed by atoms with Crippen LogP contribution in [0.25, 0.3) is 0 Å². The first-order valence-electron chi connectivity index (χ1n) is 5.22. The predicted octanol–water partition coefficient (Wildman–Crippen LogP) is 3.27. The van der Waals surface area contributed by atoms with Crippen LogP contribution >= 0.6 is 11.3 Å². The van der Waals surface area contributed by atoms with Gasteiger partial charge in [0.2, 0.25) is 0 Å². The SMILES string of the molecule is CC(NCc1cscn1)c1ccc(F)c(F)c1. The summed E-state index contributed by atoms with van der Waals surface area (Å²) in [5.41, 5.74) is 3.43. The van der Waals surface area contributed by atoms with Gasteiger partial charge in [0.25, 0.3) is 0 Å². The molecular formula is C12H12F2N2S. The maximum atomic E-state index is 13.0. The summed E-state index contributed by atoms with van der Waals surface area (Å²) in [6, 6.07) is 3.89. The van der Waals surface area contributed by atoms with Crippen LogP contribution in [0.2, 0.25) is 0 Å². The van der Waals surface area contributed by atoms with E-state index in [1.54, 1.807) is 11.6 Å². The monoisotopic (exact) mass is 254 g/mol. The van der Waals surface area contributed by atoms with Gasteiger partial charge in [-0.25, -0.2) is 13.8 Å². The topological polar surface area (TPSA) is 24.9 Å². The summed E-state index contributed by atoms with van der Waals surface area (Å²) in [6.07, 6.45) is 0. The number of nitrogens with one attached hydrogen (secondary N) is 1. The van der Waals surface area contributed by atoms with E-state index < -0.39 is 11.6 Å². The van der Waals surface area contributed by atoms with Crippen LogP contribution < -0.4 is 5.32 Å². The summed E-state index contributed by atoms with van der Waals surface area (Å²) < 4.78 is 25.8. The number of hydrogen-bond acceptors (Lipinski definition) is 3. The summed E-state index contributed by atoms with van der Waals surface area (Å²) in [6.45, 7) is 2.52. The van der Waals surface area contributed by atoms with Crippen molar-refractivity contribution in [1.82, 2.24) is 10.3 Å². The molecule has 0 spiro atoms. The molecule has 0 fully saturated rings. The van der Waals surface area contributed by atoms with Crippen LogP contribution in [0, 0.1) is 11.6 Å². The molecule has 0 aliphatic carbocycles. The van der Waals surface area contributed by atoms with Crippen molar-refractivity contribution in [3.63, 3.8) is 0 Å². The highest BCUT2D eigenvalue weighted by molar-refractivity contribution is 7.07. The zero-order valence-corrected chi connectivity index (χ0v) is 10.1. The third-order valence-electron chi connectivity index (χ3n) is 2.52. The van der Waals surface area contributed by atoms with Gasteiger partial charge >= 0.3 is 0 Å². The average molecular weight is 254 g/mol. The van der Waals surface area contributed by atoms with E-state index in [9.17, 15) is 8.78 Å². The van der Waals surface area contributed by atoms with Crippen molar-refractivity contribution < 1.29 is 8.78 Å². The number of rotatable bonds is 4. The Bertz CT molecular complexity index is 485. The first-order chi connectivity index (χ1) is 8.16. The summed E-state index contributed by atoms with van der Waals surface area (Å²) in [4.78, 5) is 4.14. The first-order valence-corrected chi connectivity index (χ1v) is 6.16. The van der Waals surface area contributed by atoms with Gasteiger partial charge in [-0.3, -0.25) is 0 Å². The average Bonchev–Trinajstić information content (AvgIpc) is 2.82. The third kappa shape index (κ3) is 3.08. The molecule has 2 aromatic rings. The minimum Gasteiger partial charge on any atom is -0.305 e. The maximum absolute atomic E-state index is 13.0. The molecule has 0 bridgehead atoms. The van der Waals surface area contributed by atoms with E-state index in [1.165, 1.54) is 17.4 Å². The second kappa shape index (κ2) is 5.33.